The van der Waals surface area contributed by atoms with E-state index in [0.29, 0.717) is 23.9 Å². The number of hydrogen-bond donors (Lipinski definition) is 1. The molecule has 1 aliphatic rings. The molecule has 0 spiro atoms. The Hall–Kier alpha value is -2.64. The average Bonchev–Trinajstić information content (AvgIpc) is 3.48. The van der Waals surface area contributed by atoms with Crippen LogP contribution in [0.5, 0.6) is 5.75 Å². The van der Waals surface area contributed by atoms with Crippen molar-refractivity contribution in [2.45, 2.75) is 38.3 Å². The molecule has 0 amide bonds. The molecule has 3 rings (SSSR count). The van der Waals surface area contributed by atoms with Crippen molar-refractivity contribution in [1.82, 2.24) is 9.97 Å². The van der Waals surface area contributed by atoms with E-state index in [-0.39, 0.29) is 5.92 Å². The van der Waals surface area contributed by atoms with Crippen LogP contribution in [0.25, 0.3) is 0 Å². The monoisotopic (exact) mass is 392 g/mol. The number of hydrogen-bond acceptors (Lipinski definition) is 4. The Morgan fingerprint density at radius 3 is 2.54 bits per heavy atom. The van der Waals surface area contributed by atoms with Crippen molar-refractivity contribution in [1.29, 1.82) is 0 Å². The lowest BCUT2D eigenvalue weighted by Crippen LogP contribution is -2.18. The molecule has 5 nitrogen and oxygen atoms in total. The van der Waals surface area contributed by atoms with Gasteiger partial charge in [0.15, 0.2) is 0 Å². The minimum Gasteiger partial charge on any atom is -0.496 e. The van der Waals surface area contributed by atoms with Crippen molar-refractivity contribution in [3.05, 3.63) is 53.1 Å². The molecule has 28 heavy (non-hydrogen) atoms. The van der Waals surface area contributed by atoms with Crippen LogP contribution >= 0.6 is 0 Å². The summed E-state index contributed by atoms with van der Waals surface area (Å²) in [5.41, 5.74) is 8.52. The van der Waals surface area contributed by atoms with E-state index >= 15 is 0 Å². The van der Waals surface area contributed by atoms with E-state index in [1.165, 1.54) is 12.4 Å². The van der Waals surface area contributed by atoms with Gasteiger partial charge in [0.2, 0.25) is 5.82 Å². The molecule has 2 N–H and O–H groups in total. The third-order valence-corrected chi connectivity index (χ3v) is 4.97. The van der Waals surface area contributed by atoms with Gasteiger partial charge in [0, 0.05) is 36.0 Å². The van der Waals surface area contributed by atoms with E-state index in [1.807, 2.05) is 25.1 Å². The minimum absolute atomic E-state index is 0.0701. The molecule has 1 atom stereocenters. The highest BCUT2D eigenvalue weighted by atomic mass is 19.4. The SMILES string of the molecule is COc1cccc(C(N)=NCC(CC2CC2)c2cnc(C(F)(F)F)nc2)c1C. The smallest absolute Gasteiger partial charge is 0.451 e. The number of halogens is 3. The second kappa shape index (κ2) is 8.16. The second-order valence-corrected chi connectivity index (χ2v) is 7.07. The Kier molecular flexibility index (Phi) is 5.86. The van der Waals surface area contributed by atoms with Crippen LogP contribution in [0.1, 0.15) is 47.7 Å². The van der Waals surface area contributed by atoms with Gasteiger partial charge in [0.25, 0.3) is 0 Å². The van der Waals surface area contributed by atoms with Gasteiger partial charge in [-0.15, -0.1) is 0 Å². The standard InChI is InChI=1S/C20H23F3N4O/c1-12-16(4-3-5-17(12)28-2)18(24)25-9-14(8-13-6-7-13)15-10-26-19(27-11-15)20(21,22)23/h3-5,10-11,13-14H,6-9H2,1-2H3,(H2,24,25). The topological polar surface area (TPSA) is 73.4 Å². The number of aromatic nitrogens is 2. The molecule has 150 valence electrons. The Labute approximate surface area is 161 Å². The van der Waals surface area contributed by atoms with Crippen LogP contribution in [0.4, 0.5) is 13.2 Å². The number of methoxy groups -OCH3 is 1. The second-order valence-electron chi connectivity index (χ2n) is 7.07. The minimum atomic E-state index is -4.54. The van der Waals surface area contributed by atoms with E-state index in [1.54, 1.807) is 7.11 Å². The summed E-state index contributed by atoms with van der Waals surface area (Å²) in [7, 11) is 1.59. The summed E-state index contributed by atoms with van der Waals surface area (Å²) in [5.74, 6) is 0.476. The zero-order valence-corrected chi connectivity index (χ0v) is 15.8. The predicted molar refractivity (Wildman–Crippen MR) is 100 cm³/mol. The highest BCUT2D eigenvalue weighted by Gasteiger charge is 2.35. The van der Waals surface area contributed by atoms with Crippen LogP contribution in [0.2, 0.25) is 0 Å². The van der Waals surface area contributed by atoms with Crippen LogP contribution in [0.15, 0.2) is 35.6 Å². The zero-order valence-electron chi connectivity index (χ0n) is 15.8. The van der Waals surface area contributed by atoms with Crippen LogP contribution in [-0.4, -0.2) is 29.5 Å². The molecule has 2 aromatic rings. The lowest BCUT2D eigenvalue weighted by atomic mass is 9.95. The first-order chi connectivity index (χ1) is 13.3. The van der Waals surface area contributed by atoms with Crippen LogP contribution in [-0.2, 0) is 6.18 Å². The lowest BCUT2D eigenvalue weighted by Gasteiger charge is -2.16. The zero-order chi connectivity index (χ0) is 20.3. The van der Waals surface area contributed by atoms with Crippen molar-refractivity contribution in [3.8, 4) is 5.75 Å². The molecule has 0 bridgehead atoms. The summed E-state index contributed by atoms with van der Waals surface area (Å²) in [4.78, 5) is 11.5. The number of alkyl halides is 3. The molecule has 1 aromatic heterocycles. The maximum absolute atomic E-state index is 12.7. The van der Waals surface area contributed by atoms with Gasteiger partial charge < -0.3 is 10.5 Å². The largest absolute Gasteiger partial charge is 0.496 e. The molecular formula is C20H23F3N4O. The van der Waals surface area contributed by atoms with Gasteiger partial charge in [-0.05, 0) is 30.9 Å². The summed E-state index contributed by atoms with van der Waals surface area (Å²) in [6.45, 7) is 2.27. The molecular weight excluding hydrogens is 369 g/mol. The van der Waals surface area contributed by atoms with Crippen LogP contribution < -0.4 is 10.5 Å². The number of benzene rings is 1. The molecule has 0 aliphatic heterocycles. The van der Waals surface area contributed by atoms with Crippen LogP contribution in [0.3, 0.4) is 0 Å². The van der Waals surface area contributed by atoms with E-state index < -0.39 is 12.0 Å². The normalized spacial score (nSPS) is 16.1. The van der Waals surface area contributed by atoms with Gasteiger partial charge in [0.1, 0.15) is 11.6 Å². The predicted octanol–water partition coefficient (Wildman–Crippen LogP) is 4.10. The quantitative estimate of drug-likeness (QED) is 0.569. The van der Waals surface area contributed by atoms with E-state index in [0.717, 1.165) is 36.1 Å². The Bertz CT molecular complexity index is 846. The third-order valence-electron chi connectivity index (χ3n) is 4.97. The molecule has 0 radical (unpaired) electrons. The average molecular weight is 392 g/mol. The molecule has 1 saturated carbocycles. The fourth-order valence-electron chi connectivity index (χ4n) is 3.17. The number of nitrogens with two attached hydrogens (primary N) is 1. The van der Waals surface area contributed by atoms with E-state index in [9.17, 15) is 13.2 Å². The number of ether oxygens (including phenoxy) is 1. The highest BCUT2D eigenvalue weighted by molar-refractivity contribution is 5.99. The molecule has 8 heteroatoms. The molecule has 1 aromatic carbocycles. The van der Waals surface area contributed by atoms with Gasteiger partial charge in [-0.3, -0.25) is 4.99 Å². The van der Waals surface area contributed by atoms with Gasteiger partial charge in [-0.2, -0.15) is 13.2 Å². The number of rotatable bonds is 7. The van der Waals surface area contributed by atoms with Crippen molar-refractivity contribution < 1.29 is 17.9 Å². The summed E-state index contributed by atoms with van der Waals surface area (Å²) in [5, 5.41) is 0. The highest BCUT2D eigenvalue weighted by Crippen LogP contribution is 2.39. The van der Waals surface area contributed by atoms with Gasteiger partial charge in [-0.1, -0.05) is 25.0 Å². The number of amidine groups is 1. The summed E-state index contributed by atoms with van der Waals surface area (Å²) in [6.07, 6.45) is 1.06. The summed E-state index contributed by atoms with van der Waals surface area (Å²) in [6, 6.07) is 5.56. The number of nitrogens with zero attached hydrogens (tertiary/aromatic N) is 3. The fourth-order valence-corrected chi connectivity index (χ4v) is 3.17. The van der Waals surface area contributed by atoms with Crippen molar-refractivity contribution >= 4 is 5.84 Å². The third kappa shape index (κ3) is 4.79. The first-order valence-corrected chi connectivity index (χ1v) is 9.12. The Morgan fingerprint density at radius 2 is 1.96 bits per heavy atom. The van der Waals surface area contributed by atoms with Crippen molar-refractivity contribution in [2.75, 3.05) is 13.7 Å². The van der Waals surface area contributed by atoms with Crippen molar-refractivity contribution in [2.24, 2.45) is 16.6 Å². The van der Waals surface area contributed by atoms with Gasteiger partial charge in [0.05, 0.1) is 7.11 Å². The van der Waals surface area contributed by atoms with Crippen LogP contribution in [0, 0.1) is 12.8 Å². The lowest BCUT2D eigenvalue weighted by molar-refractivity contribution is -0.145. The molecule has 1 unspecified atom stereocenters. The maximum Gasteiger partial charge on any atom is 0.451 e. The Morgan fingerprint density at radius 1 is 1.29 bits per heavy atom. The maximum atomic E-state index is 12.7. The summed E-state index contributed by atoms with van der Waals surface area (Å²) < 4.78 is 43.4. The molecule has 0 saturated heterocycles. The molecule has 1 aliphatic carbocycles. The first-order valence-electron chi connectivity index (χ1n) is 9.12. The number of aliphatic imine (C=N–C) groups is 1. The molecule has 1 fully saturated rings. The van der Waals surface area contributed by atoms with E-state index in [2.05, 4.69) is 15.0 Å². The summed E-state index contributed by atoms with van der Waals surface area (Å²) >= 11 is 0. The molecule has 1 heterocycles. The fraction of sp³-hybridized carbons (Fsp3) is 0.450. The first kappa shape index (κ1) is 20.1. The van der Waals surface area contributed by atoms with Gasteiger partial charge in [-0.25, -0.2) is 9.97 Å². The van der Waals surface area contributed by atoms with Gasteiger partial charge >= 0.3 is 6.18 Å². The van der Waals surface area contributed by atoms with E-state index in [4.69, 9.17) is 10.5 Å². The Balaban J connectivity index is 1.80. The van der Waals surface area contributed by atoms with Crippen molar-refractivity contribution in [3.63, 3.8) is 0 Å².